The third kappa shape index (κ3) is 2.68. The molecule has 0 aliphatic carbocycles. The summed E-state index contributed by atoms with van der Waals surface area (Å²) in [5.41, 5.74) is 5.22. The average Bonchev–Trinajstić information content (AvgIpc) is 2.16. The summed E-state index contributed by atoms with van der Waals surface area (Å²) in [6, 6.07) is -0.378. The van der Waals surface area contributed by atoms with Crippen LogP contribution in [-0.2, 0) is 14.3 Å². The average molecular weight is 202 g/mol. The molecule has 0 saturated carbocycles. The van der Waals surface area contributed by atoms with E-state index in [1.165, 1.54) is 4.90 Å². The molecular formula is C8H14N2O4. The Bertz CT molecular complexity index is 231. The molecule has 1 fully saturated rings. The van der Waals surface area contributed by atoms with Crippen LogP contribution >= 0.6 is 0 Å². The first-order valence-electron chi connectivity index (χ1n) is 4.44. The van der Waals surface area contributed by atoms with E-state index in [4.69, 9.17) is 15.6 Å². The van der Waals surface area contributed by atoms with Crippen molar-refractivity contribution in [3.8, 4) is 0 Å². The van der Waals surface area contributed by atoms with Gasteiger partial charge in [-0.3, -0.25) is 9.59 Å². The minimum Gasteiger partial charge on any atom is -0.481 e. The molecule has 3 N–H and O–H groups in total. The Labute approximate surface area is 81.6 Å². The van der Waals surface area contributed by atoms with E-state index in [2.05, 4.69) is 0 Å². The number of hydrogen-bond acceptors (Lipinski definition) is 4. The van der Waals surface area contributed by atoms with Crippen LogP contribution in [0, 0.1) is 0 Å². The summed E-state index contributed by atoms with van der Waals surface area (Å²) in [5, 5.41) is 8.61. The standard InChI is InChI=1S/C8H14N2O4/c9-4-7(11)10-1-2-14-5-6(10)3-8(12)13/h6H,1-5,9H2,(H,12,13). The lowest BCUT2D eigenvalue weighted by Gasteiger charge is -2.34. The van der Waals surface area contributed by atoms with Crippen LogP contribution in [0.3, 0.4) is 0 Å². The number of amides is 1. The smallest absolute Gasteiger partial charge is 0.305 e. The first-order chi connectivity index (χ1) is 6.65. The lowest BCUT2D eigenvalue weighted by atomic mass is 10.1. The second kappa shape index (κ2) is 4.92. The molecule has 6 heteroatoms. The fourth-order valence-corrected chi connectivity index (χ4v) is 1.47. The fourth-order valence-electron chi connectivity index (χ4n) is 1.47. The zero-order valence-corrected chi connectivity index (χ0v) is 7.81. The van der Waals surface area contributed by atoms with E-state index in [1.54, 1.807) is 0 Å². The van der Waals surface area contributed by atoms with E-state index >= 15 is 0 Å². The van der Waals surface area contributed by atoms with Gasteiger partial charge in [-0.25, -0.2) is 0 Å². The molecule has 1 aliphatic rings. The van der Waals surface area contributed by atoms with Crippen molar-refractivity contribution in [1.29, 1.82) is 0 Å². The predicted octanol–water partition coefficient (Wildman–Crippen LogP) is -1.35. The SMILES string of the molecule is NCC(=O)N1CCOCC1CC(=O)O. The quantitative estimate of drug-likeness (QED) is 0.590. The molecule has 0 radical (unpaired) electrons. The third-order valence-corrected chi connectivity index (χ3v) is 2.13. The van der Waals surface area contributed by atoms with Gasteiger partial charge in [-0.05, 0) is 0 Å². The van der Waals surface area contributed by atoms with Gasteiger partial charge >= 0.3 is 5.97 Å². The molecule has 0 aromatic heterocycles. The number of carboxylic acid groups (broad SMARTS) is 1. The van der Waals surface area contributed by atoms with Gasteiger partial charge in [-0.1, -0.05) is 0 Å². The minimum absolute atomic E-state index is 0.0872. The van der Waals surface area contributed by atoms with Gasteiger partial charge in [0.1, 0.15) is 0 Å². The summed E-state index contributed by atoms with van der Waals surface area (Å²) in [6.07, 6.45) is -0.0915. The number of nitrogens with two attached hydrogens (primary N) is 1. The van der Waals surface area contributed by atoms with Crippen molar-refractivity contribution >= 4 is 11.9 Å². The number of rotatable bonds is 3. The molecule has 80 valence electrons. The van der Waals surface area contributed by atoms with Gasteiger partial charge in [0.25, 0.3) is 0 Å². The molecule has 0 spiro atoms. The van der Waals surface area contributed by atoms with Crippen molar-refractivity contribution in [1.82, 2.24) is 4.90 Å². The number of morpholine rings is 1. The maximum absolute atomic E-state index is 11.3. The summed E-state index contributed by atoms with van der Waals surface area (Å²) < 4.78 is 5.11. The van der Waals surface area contributed by atoms with Gasteiger partial charge in [0, 0.05) is 6.54 Å². The van der Waals surface area contributed by atoms with Crippen molar-refractivity contribution < 1.29 is 19.4 Å². The van der Waals surface area contributed by atoms with Crippen LogP contribution in [0.5, 0.6) is 0 Å². The second-order valence-corrected chi connectivity index (χ2v) is 3.12. The summed E-state index contributed by atoms with van der Waals surface area (Å²) in [5.74, 6) is -1.16. The zero-order chi connectivity index (χ0) is 10.6. The van der Waals surface area contributed by atoms with E-state index in [-0.39, 0.29) is 31.5 Å². The van der Waals surface area contributed by atoms with Gasteiger partial charge < -0.3 is 20.5 Å². The summed E-state index contributed by atoms with van der Waals surface area (Å²) in [6.45, 7) is 1.06. The number of hydrogen-bond donors (Lipinski definition) is 2. The third-order valence-electron chi connectivity index (χ3n) is 2.13. The van der Waals surface area contributed by atoms with Gasteiger partial charge in [0.2, 0.25) is 5.91 Å². The molecule has 0 aromatic rings. The highest BCUT2D eigenvalue weighted by Gasteiger charge is 2.28. The molecular weight excluding hydrogens is 188 g/mol. The molecule has 14 heavy (non-hydrogen) atoms. The summed E-state index contributed by atoms with van der Waals surface area (Å²) >= 11 is 0. The van der Waals surface area contributed by atoms with E-state index in [0.717, 1.165) is 0 Å². The normalized spacial score (nSPS) is 22.1. The fraction of sp³-hybridized carbons (Fsp3) is 0.750. The molecule has 1 amide bonds. The van der Waals surface area contributed by atoms with Gasteiger partial charge in [-0.2, -0.15) is 0 Å². The maximum Gasteiger partial charge on any atom is 0.305 e. The van der Waals surface area contributed by atoms with Crippen LogP contribution in [0.2, 0.25) is 0 Å². The molecule has 1 aliphatic heterocycles. The van der Waals surface area contributed by atoms with E-state index < -0.39 is 5.97 Å². The van der Waals surface area contributed by atoms with Gasteiger partial charge in [0.15, 0.2) is 0 Å². The molecule has 1 unspecified atom stereocenters. The lowest BCUT2D eigenvalue weighted by Crippen LogP contribution is -2.51. The van der Waals surface area contributed by atoms with E-state index in [1.807, 2.05) is 0 Å². The molecule has 0 aromatic carbocycles. The van der Waals surface area contributed by atoms with Crippen molar-refractivity contribution in [2.45, 2.75) is 12.5 Å². The highest BCUT2D eigenvalue weighted by atomic mass is 16.5. The van der Waals surface area contributed by atoms with Crippen molar-refractivity contribution in [3.05, 3.63) is 0 Å². The first kappa shape index (κ1) is 10.9. The lowest BCUT2D eigenvalue weighted by molar-refractivity contribution is -0.145. The zero-order valence-electron chi connectivity index (χ0n) is 7.81. The number of carbonyl (C=O) groups is 2. The molecule has 0 bridgehead atoms. The van der Waals surface area contributed by atoms with Crippen LogP contribution in [0.4, 0.5) is 0 Å². The Hall–Kier alpha value is -1.14. The second-order valence-electron chi connectivity index (χ2n) is 3.12. The number of aliphatic carboxylic acids is 1. The predicted molar refractivity (Wildman–Crippen MR) is 47.6 cm³/mol. The minimum atomic E-state index is -0.935. The Balaban J connectivity index is 2.58. The van der Waals surface area contributed by atoms with Gasteiger partial charge in [0.05, 0.1) is 32.2 Å². The summed E-state index contributed by atoms with van der Waals surface area (Å²) in [7, 11) is 0. The van der Waals surface area contributed by atoms with Crippen LogP contribution in [0.25, 0.3) is 0 Å². The molecule has 1 atom stereocenters. The molecule has 1 heterocycles. The highest BCUT2D eigenvalue weighted by Crippen LogP contribution is 2.10. The van der Waals surface area contributed by atoms with Crippen LogP contribution in [0.15, 0.2) is 0 Å². The van der Waals surface area contributed by atoms with Crippen molar-refractivity contribution in [2.24, 2.45) is 5.73 Å². The molecule has 1 rings (SSSR count). The monoisotopic (exact) mass is 202 g/mol. The van der Waals surface area contributed by atoms with Crippen LogP contribution in [0.1, 0.15) is 6.42 Å². The van der Waals surface area contributed by atoms with Crippen LogP contribution < -0.4 is 5.73 Å². The molecule has 1 saturated heterocycles. The Kier molecular flexibility index (Phi) is 3.84. The van der Waals surface area contributed by atoms with Crippen molar-refractivity contribution in [2.75, 3.05) is 26.3 Å². The van der Waals surface area contributed by atoms with Gasteiger partial charge in [-0.15, -0.1) is 0 Å². The maximum atomic E-state index is 11.3. The largest absolute Gasteiger partial charge is 0.481 e. The highest BCUT2D eigenvalue weighted by molar-refractivity contribution is 5.79. The Morgan fingerprint density at radius 3 is 2.86 bits per heavy atom. The summed E-state index contributed by atoms with van der Waals surface area (Å²) in [4.78, 5) is 23.3. The first-order valence-corrected chi connectivity index (χ1v) is 4.44. The Morgan fingerprint density at radius 1 is 1.57 bits per heavy atom. The number of ether oxygens (including phenoxy) is 1. The number of carboxylic acids is 1. The topological polar surface area (TPSA) is 92.9 Å². The Morgan fingerprint density at radius 2 is 2.29 bits per heavy atom. The van der Waals surface area contributed by atoms with E-state index in [0.29, 0.717) is 13.2 Å². The van der Waals surface area contributed by atoms with Crippen LogP contribution in [-0.4, -0.2) is 54.2 Å². The molecule has 6 nitrogen and oxygen atoms in total. The number of nitrogens with zero attached hydrogens (tertiary/aromatic N) is 1. The van der Waals surface area contributed by atoms with E-state index in [9.17, 15) is 9.59 Å². The number of carbonyl (C=O) groups excluding carboxylic acids is 1. The van der Waals surface area contributed by atoms with Crippen molar-refractivity contribution in [3.63, 3.8) is 0 Å².